The molecule has 0 aliphatic heterocycles. The Bertz CT molecular complexity index is 1610. The minimum absolute atomic E-state index is 0.0336. The zero-order chi connectivity index (χ0) is 28.4. The Morgan fingerprint density at radius 1 is 0.600 bits per heavy atom. The first-order valence-electron chi connectivity index (χ1n) is 14.0. The molecule has 0 amide bonds. The van der Waals surface area contributed by atoms with E-state index in [2.05, 4.69) is 77.9 Å². The Balaban J connectivity index is 1.56. The molecule has 4 nitrogen and oxygen atoms in total. The molecule has 6 rings (SSSR count). The van der Waals surface area contributed by atoms with Gasteiger partial charge >= 0.3 is 0 Å². The Morgan fingerprint density at radius 2 is 1.07 bits per heavy atom. The highest BCUT2D eigenvalue weighted by molar-refractivity contribution is 5.71. The van der Waals surface area contributed by atoms with Crippen LogP contribution in [0.4, 0.5) is 11.4 Å². The fourth-order valence-corrected chi connectivity index (χ4v) is 7.61. The third kappa shape index (κ3) is 3.97. The van der Waals surface area contributed by atoms with Gasteiger partial charge < -0.3 is 20.9 Å². The molecule has 0 saturated carbocycles. The summed E-state index contributed by atoms with van der Waals surface area (Å²) in [6.07, 6.45) is 0.968. The second kappa shape index (κ2) is 8.92. The highest BCUT2D eigenvalue weighted by Crippen LogP contribution is 2.66. The number of nitrogens with two attached hydrogens (primary N) is 2. The van der Waals surface area contributed by atoms with E-state index in [4.69, 9.17) is 20.9 Å². The van der Waals surface area contributed by atoms with Crippen molar-refractivity contribution in [1.29, 1.82) is 0 Å². The molecule has 2 aliphatic carbocycles. The number of nitrogen functional groups attached to an aromatic ring is 2. The summed E-state index contributed by atoms with van der Waals surface area (Å²) in [4.78, 5) is 0. The third-order valence-corrected chi connectivity index (χ3v) is 8.75. The summed E-state index contributed by atoms with van der Waals surface area (Å²) in [6, 6.07) is 28.4. The molecule has 0 saturated heterocycles. The van der Waals surface area contributed by atoms with Gasteiger partial charge in [-0.2, -0.15) is 0 Å². The van der Waals surface area contributed by atoms with Crippen molar-refractivity contribution < 1.29 is 9.47 Å². The lowest BCUT2D eigenvalue weighted by molar-refractivity contribution is 0.425. The van der Waals surface area contributed by atoms with Crippen LogP contribution in [0, 0.1) is 0 Å². The van der Waals surface area contributed by atoms with Gasteiger partial charge in [0.2, 0.25) is 0 Å². The van der Waals surface area contributed by atoms with E-state index in [0.717, 1.165) is 29.4 Å². The molecule has 4 heteroatoms. The number of ether oxygens (including phenoxy) is 2. The predicted octanol–water partition coefficient (Wildman–Crippen LogP) is 9.03. The molecule has 204 valence electrons. The molecule has 4 N–H and O–H groups in total. The highest BCUT2D eigenvalue weighted by Gasteiger charge is 2.59. The molecular formula is C36H38N2O2. The van der Waals surface area contributed by atoms with Crippen LogP contribution < -0.4 is 20.9 Å². The van der Waals surface area contributed by atoms with E-state index in [0.29, 0.717) is 11.4 Å². The number of anilines is 2. The van der Waals surface area contributed by atoms with Crippen LogP contribution in [0.5, 0.6) is 23.0 Å². The van der Waals surface area contributed by atoms with Gasteiger partial charge in [-0.3, -0.25) is 0 Å². The van der Waals surface area contributed by atoms with E-state index in [9.17, 15) is 0 Å². The van der Waals surface area contributed by atoms with E-state index in [1.165, 1.54) is 33.4 Å². The molecule has 1 spiro atoms. The summed E-state index contributed by atoms with van der Waals surface area (Å²) >= 11 is 0. The number of fused-ring (bicyclic) bond motifs is 4. The second-order valence-corrected chi connectivity index (χ2v) is 12.7. The maximum Gasteiger partial charge on any atom is 0.129 e. The van der Waals surface area contributed by atoms with Gasteiger partial charge in [0.1, 0.15) is 23.0 Å². The van der Waals surface area contributed by atoms with Crippen molar-refractivity contribution in [2.75, 3.05) is 11.5 Å². The van der Waals surface area contributed by atoms with Crippen LogP contribution >= 0.6 is 0 Å². The van der Waals surface area contributed by atoms with Gasteiger partial charge in [-0.15, -0.1) is 0 Å². The molecule has 0 heterocycles. The lowest BCUT2D eigenvalue weighted by atomic mass is 9.67. The van der Waals surface area contributed by atoms with Gasteiger partial charge in [-0.25, -0.2) is 0 Å². The minimum atomic E-state index is -0.305. The molecule has 0 fully saturated rings. The van der Waals surface area contributed by atoms with E-state index in [-0.39, 0.29) is 16.2 Å². The lowest BCUT2D eigenvalue weighted by Crippen LogP contribution is -2.31. The largest absolute Gasteiger partial charge is 0.457 e. The van der Waals surface area contributed by atoms with Crippen molar-refractivity contribution in [3.8, 4) is 23.0 Å². The first kappa shape index (κ1) is 26.1. The quantitative estimate of drug-likeness (QED) is 0.204. The zero-order valence-corrected chi connectivity index (χ0v) is 24.3. The second-order valence-electron chi connectivity index (χ2n) is 12.7. The summed E-state index contributed by atoms with van der Waals surface area (Å²) in [5.41, 5.74) is 21.1. The Hall–Kier alpha value is -4.18. The minimum Gasteiger partial charge on any atom is -0.457 e. The van der Waals surface area contributed by atoms with E-state index in [1.807, 2.05) is 48.5 Å². The maximum atomic E-state index is 6.37. The predicted molar refractivity (Wildman–Crippen MR) is 165 cm³/mol. The van der Waals surface area contributed by atoms with Gasteiger partial charge in [-0.05, 0) is 102 Å². The van der Waals surface area contributed by atoms with Crippen molar-refractivity contribution in [2.24, 2.45) is 0 Å². The van der Waals surface area contributed by atoms with Crippen molar-refractivity contribution >= 4 is 11.4 Å². The van der Waals surface area contributed by atoms with Crippen LogP contribution in [0.2, 0.25) is 0 Å². The van der Waals surface area contributed by atoms with Crippen LogP contribution in [0.1, 0.15) is 70.2 Å². The average Bonchev–Trinajstić information content (AvgIpc) is 3.21. The SMILES string of the molecule is CC(C)=C1C(C)(C)c2ccc(Oc3cccc(N)c3)cc2C12CC(C)(C)c1ccc(Oc3cccc(N)c3)cc12. The number of rotatable bonds is 4. The van der Waals surface area contributed by atoms with Gasteiger partial charge in [-0.1, -0.05) is 57.5 Å². The molecule has 0 bridgehead atoms. The van der Waals surface area contributed by atoms with E-state index in [1.54, 1.807) is 0 Å². The summed E-state index contributed by atoms with van der Waals surface area (Å²) in [5, 5.41) is 0. The van der Waals surface area contributed by atoms with Gasteiger partial charge in [0.15, 0.2) is 0 Å². The van der Waals surface area contributed by atoms with E-state index < -0.39 is 0 Å². The van der Waals surface area contributed by atoms with Crippen molar-refractivity contribution in [3.05, 3.63) is 118 Å². The first-order valence-corrected chi connectivity index (χ1v) is 14.0. The lowest BCUT2D eigenvalue weighted by Gasteiger charge is -2.36. The van der Waals surface area contributed by atoms with Crippen LogP contribution in [0.25, 0.3) is 0 Å². The molecule has 4 aromatic rings. The fraction of sp³-hybridized carbons (Fsp3) is 0.278. The molecule has 4 aromatic carbocycles. The summed E-state index contributed by atoms with van der Waals surface area (Å²) < 4.78 is 12.7. The topological polar surface area (TPSA) is 70.5 Å². The molecule has 1 unspecified atom stereocenters. The fourth-order valence-electron chi connectivity index (χ4n) is 7.61. The molecule has 0 radical (unpaired) electrons. The van der Waals surface area contributed by atoms with Gasteiger partial charge in [0, 0.05) is 34.3 Å². The average molecular weight is 531 g/mol. The Labute approximate surface area is 237 Å². The molecular weight excluding hydrogens is 492 g/mol. The van der Waals surface area contributed by atoms with E-state index >= 15 is 0 Å². The van der Waals surface area contributed by atoms with Crippen LogP contribution in [-0.2, 0) is 16.2 Å². The highest BCUT2D eigenvalue weighted by atomic mass is 16.5. The summed E-state index contributed by atoms with van der Waals surface area (Å²) in [6.45, 7) is 14.0. The Morgan fingerprint density at radius 3 is 1.57 bits per heavy atom. The maximum absolute atomic E-state index is 6.37. The third-order valence-electron chi connectivity index (χ3n) is 8.75. The van der Waals surface area contributed by atoms with Crippen molar-refractivity contribution in [3.63, 3.8) is 0 Å². The van der Waals surface area contributed by atoms with Gasteiger partial charge in [0.05, 0.1) is 0 Å². The number of allylic oxidation sites excluding steroid dienone is 2. The van der Waals surface area contributed by atoms with Gasteiger partial charge in [0.25, 0.3) is 0 Å². The standard InChI is InChI=1S/C36H38N2O2/c1-22(2)33-35(5,6)30-16-14-28(40-26-12-8-10-24(38)18-26)20-32(30)36(33)21-34(3,4)29-15-13-27(19-31(29)36)39-25-11-7-9-23(37)17-25/h7-20H,21,37-38H2,1-6H3. The summed E-state index contributed by atoms with van der Waals surface area (Å²) in [5.74, 6) is 3.10. The normalized spacial score (nSPS) is 19.8. The molecule has 40 heavy (non-hydrogen) atoms. The summed E-state index contributed by atoms with van der Waals surface area (Å²) in [7, 11) is 0. The zero-order valence-electron chi connectivity index (χ0n) is 24.3. The van der Waals surface area contributed by atoms with Crippen LogP contribution in [0.15, 0.2) is 96.1 Å². The Kier molecular flexibility index (Phi) is 5.81. The van der Waals surface area contributed by atoms with Crippen LogP contribution in [-0.4, -0.2) is 0 Å². The smallest absolute Gasteiger partial charge is 0.129 e. The molecule has 1 atom stereocenters. The van der Waals surface area contributed by atoms with Crippen molar-refractivity contribution in [2.45, 2.75) is 64.2 Å². The number of benzene rings is 4. The first-order chi connectivity index (χ1) is 18.9. The molecule has 0 aromatic heterocycles. The van der Waals surface area contributed by atoms with Crippen molar-refractivity contribution in [1.82, 2.24) is 0 Å². The molecule has 2 aliphatic rings. The number of hydrogen-bond donors (Lipinski definition) is 2. The van der Waals surface area contributed by atoms with Crippen LogP contribution in [0.3, 0.4) is 0 Å². The number of hydrogen-bond acceptors (Lipinski definition) is 4. The monoisotopic (exact) mass is 530 g/mol.